The van der Waals surface area contributed by atoms with Gasteiger partial charge < -0.3 is 15.4 Å². The highest BCUT2D eigenvalue weighted by Gasteiger charge is 2.34. The van der Waals surface area contributed by atoms with E-state index in [9.17, 15) is 4.79 Å². The Labute approximate surface area is 128 Å². The lowest BCUT2D eigenvalue weighted by Crippen LogP contribution is -2.55. The number of hydrogen-bond acceptors (Lipinski definition) is 5. The first-order chi connectivity index (χ1) is 9.92. The summed E-state index contributed by atoms with van der Waals surface area (Å²) in [5.74, 6) is 0.675. The minimum absolute atomic E-state index is 0.288. The van der Waals surface area contributed by atoms with Crippen LogP contribution in [0, 0.1) is 5.92 Å². The topological polar surface area (TPSA) is 58.8 Å². The van der Waals surface area contributed by atoms with Crippen LogP contribution in [0.3, 0.4) is 0 Å². The molecule has 1 aliphatic carbocycles. The summed E-state index contributed by atoms with van der Waals surface area (Å²) in [6, 6.07) is 0.312. The maximum atomic E-state index is 11.9. The van der Waals surface area contributed by atoms with E-state index in [1.165, 1.54) is 19.4 Å². The summed E-state index contributed by atoms with van der Waals surface area (Å²) >= 11 is 0. The number of hydrogen-bond donors (Lipinski definition) is 1. The number of nitrogens with two attached hydrogens (primary N) is 1. The van der Waals surface area contributed by atoms with Gasteiger partial charge in [-0.05, 0) is 46.0 Å². The average Bonchev–Trinajstić information content (AvgIpc) is 3.23. The molecular formula is C16H31N3O2. The lowest BCUT2D eigenvalue weighted by Gasteiger charge is -2.40. The third-order valence-electron chi connectivity index (χ3n) is 4.70. The van der Waals surface area contributed by atoms with Crippen molar-refractivity contribution >= 4 is 5.97 Å². The second-order valence-corrected chi connectivity index (χ2v) is 6.97. The van der Waals surface area contributed by atoms with E-state index in [0.717, 1.165) is 32.1 Å². The van der Waals surface area contributed by atoms with Crippen molar-refractivity contribution in [2.24, 2.45) is 11.7 Å². The second-order valence-electron chi connectivity index (χ2n) is 6.97. The quantitative estimate of drug-likeness (QED) is 0.712. The molecule has 5 nitrogen and oxygen atoms in total. The summed E-state index contributed by atoms with van der Waals surface area (Å²) in [6.45, 7) is 11.9. The zero-order valence-corrected chi connectivity index (χ0v) is 13.8. The van der Waals surface area contributed by atoms with Crippen molar-refractivity contribution < 1.29 is 9.53 Å². The summed E-state index contributed by atoms with van der Waals surface area (Å²) in [7, 11) is 0. The van der Waals surface area contributed by atoms with Crippen LogP contribution in [-0.2, 0) is 9.53 Å². The molecule has 1 saturated carbocycles. The Morgan fingerprint density at radius 2 is 1.95 bits per heavy atom. The molecule has 0 aromatic rings. The molecule has 0 bridgehead atoms. The van der Waals surface area contributed by atoms with Gasteiger partial charge in [0.25, 0.3) is 0 Å². The molecule has 1 heterocycles. The van der Waals surface area contributed by atoms with Gasteiger partial charge in [0.05, 0.1) is 6.61 Å². The van der Waals surface area contributed by atoms with Crippen LogP contribution in [0.5, 0.6) is 0 Å². The zero-order chi connectivity index (χ0) is 15.5. The maximum Gasteiger partial charge on any atom is 0.325 e. The number of rotatable bonds is 7. The lowest BCUT2D eigenvalue weighted by atomic mass is 9.94. The van der Waals surface area contributed by atoms with Crippen molar-refractivity contribution in [3.8, 4) is 0 Å². The van der Waals surface area contributed by atoms with Crippen molar-refractivity contribution in [3.63, 3.8) is 0 Å². The number of piperazine rings is 1. The van der Waals surface area contributed by atoms with Crippen LogP contribution in [0.25, 0.3) is 0 Å². The minimum Gasteiger partial charge on any atom is -0.465 e. The second kappa shape index (κ2) is 7.07. The van der Waals surface area contributed by atoms with Gasteiger partial charge in [0.1, 0.15) is 5.54 Å². The van der Waals surface area contributed by atoms with Crippen LogP contribution in [0.1, 0.15) is 40.0 Å². The van der Waals surface area contributed by atoms with Crippen molar-refractivity contribution in [3.05, 3.63) is 0 Å². The molecule has 2 aliphatic rings. The Bertz CT molecular complexity index is 347. The summed E-state index contributed by atoms with van der Waals surface area (Å²) in [6.07, 6.45) is 3.48. The fourth-order valence-electron chi connectivity index (χ4n) is 3.17. The van der Waals surface area contributed by atoms with Crippen LogP contribution >= 0.6 is 0 Å². The number of nitrogens with zero attached hydrogens (tertiary/aromatic N) is 2. The molecule has 122 valence electrons. The first-order valence-electron chi connectivity index (χ1n) is 8.35. The first-order valence-corrected chi connectivity index (χ1v) is 8.35. The Morgan fingerprint density at radius 3 is 2.48 bits per heavy atom. The van der Waals surface area contributed by atoms with Gasteiger partial charge in [0, 0.05) is 38.8 Å². The molecule has 0 radical (unpaired) electrons. The Balaban J connectivity index is 1.75. The van der Waals surface area contributed by atoms with Crippen LogP contribution in [0.2, 0.25) is 0 Å². The summed E-state index contributed by atoms with van der Waals surface area (Å²) < 4.78 is 5.07. The van der Waals surface area contributed by atoms with Gasteiger partial charge in [-0.1, -0.05) is 0 Å². The van der Waals surface area contributed by atoms with Crippen molar-refractivity contribution in [2.45, 2.75) is 51.6 Å². The fourth-order valence-corrected chi connectivity index (χ4v) is 3.17. The molecule has 1 saturated heterocycles. The van der Waals surface area contributed by atoms with Crippen LogP contribution in [-0.4, -0.2) is 66.7 Å². The molecule has 0 aromatic carbocycles. The van der Waals surface area contributed by atoms with Gasteiger partial charge in [0.15, 0.2) is 0 Å². The predicted octanol–water partition coefficient (Wildman–Crippen LogP) is 1.07. The lowest BCUT2D eigenvalue weighted by molar-refractivity contribution is -0.149. The predicted molar refractivity (Wildman–Crippen MR) is 84.0 cm³/mol. The largest absolute Gasteiger partial charge is 0.465 e. The third kappa shape index (κ3) is 4.94. The molecule has 2 rings (SSSR count). The van der Waals surface area contributed by atoms with Gasteiger partial charge in [-0.2, -0.15) is 0 Å². The van der Waals surface area contributed by atoms with E-state index >= 15 is 0 Å². The van der Waals surface area contributed by atoms with Crippen LogP contribution in [0.4, 0.5) is 0 Å². The Morgan fingerprint density at radius 1 is 1.33 bits per heavy atom. The van der Waals surface area contributed by atoms with Crippen molar-refractivity contribution in [1.82, 2.24) is 9.80 Å². The standard InChI is InChI=1S/C16H31N3O2/c1-4-21-15(20)16(3,17)11-13(2)19-9-7-18(8-10-19)12-14-5-6-14/h13-14H,4-12,17H2,1-3H3. The summed E-state index contributed by atoms with van der Waals surface area (Å²) in [4.78, 5) is 16.9. The number of carbonyl (C=O) groups is 1. The molecule has 0 amide bonds. The molecule has 5 heteroatoms. The Kier molecular flexibility index (Phi) is 5.63. The highest BCUT2D eigenvalue weighted by molar-refractivity contribution is 5.80. The summed E-state index contributed by atoms with van der Waals surface area (Å²) in [5, 5.41) is 0. The van der Waals surface area contributed by atoms with E-state index in [1.807, 2.05) is 6.92 Å². The van der Waals surface area contributed by atoms with Gasteiger partial charge >= 0.3 is 5.97 Å². The van der Waals surface area contributed by atoms with Crippen molar-refractivity contribution in [1.29, 1.82) is 0 Å². The summed E-state index contributed by atoms with van der Waals surface area (Å²) in [5.41, 5.74) is 5.26. The highest BCUT2D eigenvalue weighted by Crippen LogP contribution is 2.30. The monoisotopic (exact) mass is 297 g/mol. The zero-order valence-electron chi connectivity index (χ0n) is 13.8. The number of esters is 1. The average molecular weight is 297 g/mol. The van der Waals surface area contributed by atoms with Crippen molar-refractivity contribution in [2.75, 3.05) is 39.3 Å². The molecule has 2 unspecified atom stereocenters. The fraction of sp³-hybridized carbons (Fsp3) is 0.938. The van der Waals surface area contributed by atoms with E-state index in [1.54, 1.807) is 6.92 Å². The van der Waals surface area contributed by atoms with E-state index in [2.05, 4.69) is 16.7 Å². The third-order valence-corrected chi connectivity index (χ3v) is 4.70. The minimum atomic E-state index is -0.888. The van der Waals surface area contributed by atoms with Gasteiger partial charge in [-0.3, -0.25) is 9.69 Å². The molecular weight excluding hydrogens is 266 g/mol. The van der Waals surface area contributed by atoms with Crippen LogP contribution < -0.4 is 5.73 Å². The van der Waals surface area contributed by atoms with E-state index in [-0.39, 0.29) is 5.97 Å². The SMILES string of the molecule is CCOC(=O)C(C)(N)CC(C)N1CCN(CC2CC2)CC1. The van der Waals surface area contributed by atoms with E-state index < -0.39 is 5.54 Å². The number of ether oxygens (including phenoxy) is 1. The molecule has 21 heavy (non-hydrogen) atoms. The molecule has 0 aromatic heterocycles. The smallest absolute Gasteiger partial charge is 0.325 e. The maximum absolute atomic E-state index is 11.9. The van der Waals surface area contributed by atoms with E-state index in [0.29, 0.717) is 19.1 Å². The molecule has 2 N–H and O–H groups in total. The first kappa shape index (κ1) is 16.7. The van der Waals surface area contributed by atoms with Gasteiger partial charge in [-0.25, -0.2) is 0 Å². The molecule has 0 spiro atoms. The highest BCUT2D eigenvalue weighted by atomic mass is 16.5. The number of carbonyl (C=O) groups excluding carboxylic acids is 1. The normalized spacial score (nSPS) is 25.3. The van der Waals surface area contributed by atoms with Gasteiger partial charge in [0.2, 0.25) is 0 Å². The molecule has 2 atom stereocenters. The van der Waals surface area contributed by atoms with E-state index in [4.69, 9.17) is 10.5 Å². The molecule has 1 aliphatic heterocycles. The Hall–Kier alpha value is -0.650. The van der Waals surface area contributed by atoms with Crippen LogP contribution in [0.15, 0.2) is 0 Å². The van der Waals surface area contributed by atoms with Gasteiger partial charge in [-0.15, -0.1) is 0 Å². The molecule has 2 fully saturated rings.